The monoisotopic (exact) mass is 376 g/mol. The van der Waals surface area contributed by atoms with Gasteiger partial charge in [-0.25, -0.2) is 4.79 Å². The Bertz CT molecular complexity index is 601. The molecule has 3 fully saturated rings. The van der Waals surface area contributed by atoms with Crippen LogP contribution in [0.25, 0.3) is 0 Å². The molecule has 7 nitrogen and oxygen atoms in total. The van der Waals surface area contributed by atoms with E-state index in [1.165, 1.54) is 0 Å². The Morgan fingerprint density at radius 2 is 1.89 bits per heavy atom. The number of likely N-dealkylation sites (tertiary alicyclic amines) is 1. The molecule has 27 heavy (non-hydrogen) atoms. The molecule has 1 saturated heterocycles. The van der Waals surface area contributed by atoms with Crippen LogP contribution in [-0.4, -0.2) is 52.7 Å². The zero-order chi connectivity index (χ0) is 19.6. The summed E-state index contributed by atoms with van der Waals surface area (Å²) in [4.78, 5) is 25.0. The van der Waals surface area contributed by atoms with E-state index >= 15 is 0 Å². The van der Waals surface area contributed by atoms with Crippen LogP contribution in [-0.2, 0) is 4.79 Å². The zero-order valence-corrected chi connectivity index (χ0v) is 16.4. The van der Waals surface area contributed by atoms with Gasteiger partial charge in [-0.2, -0.15) is 5.26 Å². The largest absolute Gasteiger partial charge is 0.465 e. The molecule has 3 N–H and O–H groups in total. The lowest BCUT2D eigenvalue weighted by atomic mass is 9.88. The molecule has 2 amide bonds. The Balaban J connectivity index is 1.41. The van der Waals surface area contributed by atoms with Crippen molar-refractivity contribution in [2.45, 2.75) is 76.4 Å². The van der Waals surface area contributed by atoms with Gasteiger partial charge in [0.15, 0.2) is 0 Å². The van der Waals surface area contributed by atoms with Gasteiger partial charge in [-0.3, -0.25) is 4.79 Å². The van der Waals surface area contributed by atoms with E-state index in [1.54, 1.807) is 4.90 Å². The minimum Gasteiger partial charge on any atom is -0.465 e. The van der Waals surface area contributed by atoms with E-state index in [0.717, 1.165) is 44.9 Å². The molecule has 0 spiro atoms. The number of carbonyl (C=O) groups is 2. The van der Waals surface area contributed by atoms with E-state index in [9.17, 15) is 9.59 Å². The van der Waals surface area contributed by atoms with Gasteiger partial charge in [0.05, 0.1) is 12.6 Å². The van der Waals surface area contributed by atoms with E-state index < -0.39 is 6.09 Å². The summed E-state index contributed by atoms with van der Waals surface area (Å²) < 4.78 is 0. The maximum atomic E-state index is 12.4. The zero-order valence-electron chi connectivity index (χ0n) is 16.4. The van der Waals surface area contributed by atoms with Crippen LogP contribution in [0.4, 0.5) is 4.79 Å². The highest BCUT2D eigenvalue weighted by molar-refractivity contribution is 5.79. The summed E-state index contributed by atoms with van der Waals surface area (Å²) >= 11 is 0. The normalized spacial score (nSPS) is 32.9. The molecule has 2 saturated carbocycles. The highest BCUT2D eigenvalue weighted by Gasteiger charge is 2.43. The first-order chi connectivity index (χ1) is 12.8. The van der Waals surface area contributed by atoms with E-state index in [4.69, 9.17) is 10.4 Å². The summed E-state index contributed by atoms with van der Waals surface area (Å²) in [6.07, 6.45) is 6.16. The molecule has 3 unspecified atom stereocenters. The Hall–Kier alpha value is -1.81. The van der Waals surface area contributed by atoms with Crippen molar-refractivity contribution in [1.82, 2.24) is 15.5 Å². The average molecular weight is 377 g/mol. The second-order valence-electron chi connectivity index (χ2n) is 9.30. The van der Waals surface area contributed by atoms with Gasteiger partial charge in [0, 0.05) is 18.1 Å². The quantitative estimate of drug-likeness (QED) is 0.660. The number of amides is 2. The molecular weight excluding hydrogens is 344 g/mol. The molecule has 3 aliphatic rings. The number of carbonyl (C=O) groups excluding carboxylic acids is 1. The Morgan fingerprint density at radius 3 is 2.48 bits per heavy atom. The number of carboxylic acid groups (broad SMARTS) is 1. The fraction of sp³-hybridized carbons (Fsp3) is 0.850. The summed E-state index contributed by atoms with van der Waals surface area (Å²) in [5.74, 6) is 1.99. The molecule has 2 aliphatic carbocycles. The number of fused-ring (bicyclic) bond motifs is 1. The number of nitriles is 1. The Kier molecular flexibility index (Phi) is 5.95. The number of hydrogen-bond donors (Lipinski definition) is 3. The molecule has 1 heterocycles. The van der Waals surface area contributed by atoms with Crippen LogP contribution < -0.4 is 10.6 Å². The molecule has 7 heteroatoms. The van der Waals surface area contributed by atoms with Crippen molar-refractivity contribution in [3.8, 4) is 6.07 Å². The van der Waals surface area contributed by atoms with Crippen LogP contribution in [0.1, 0.15) is 58.8 Å². The van der Waals surface area contributed by atoms with Crippen LogP contribution >= 0.6 is 0 Å². The molecule has 150 valence electrons. The van der Waals surface area contributed by atoms with Crippen LogP contribution in [0, 0.1) is 29.1 Å². The Morgan fingerprint density at radius 1 is 1.22 bits per heavy atom. The van der Waals surface area contributed by atoms with Gasteiger partial charge in [-0.15, -0.1) is 0 Å². The van der Waals surface area contributed by atoms with Crippen molar-refractivity contribution in [2.75, 3.05) is 13.1 Å². The lowest BCUT2D eigenvalue weighted by Crippen LogP contribution is -2.44. The first kappa shape index (κ1) is 19.9. The first-order valence-corrected chi connectivity index (χ1v) is 10.2. The standard InChI is InChI=1S/C20H32N4O3/c1-20(2,23-19(26)27)10-13-6-14-8-16(9-15(14)7-13)22-12-18(25)24-5-3-4-17(24)11-21/h13-17,22-23H,3-10,12H2,1-2H3,(H,26,27). The van der Waals surface area contributed by atoms with Gasteiger partial charge in [-0.1, -0.05) is 0 Å². The predicted octanol–water partition coefficient (Wildman–Crippen LogP) is 2.33. The van der Waals surface area contributed by atoms with E-state index in [2.05, 4.69) is 16.7 Å². The van der Waals surface area contributed by atoms with Crippen molar-refractivity contribution in [1.29, 1.82) is 5.26 Å². The molecule has 3 rings (SSSR count). The minimum atomic E-state index is -0.955. The molecule has 0 aromatic carbocycles. The predicted molar refractivity (Wildman–Crippen MR) is 101 cm³/mol. The molecular formula is C20H32N4O3. The van der Waals surface area contributed by atoms with E-state index in [-0.39, 0.29) is 17.5 Å². The van der Waals surface area contributed by atoms with Crippen molar-refractivity contribution in [3.63, 3.8) is 0 Å². The van der Waals surface area contributed by atoms with Crippen molar-refractivity contribution in [2.24, 2.45) is 17.8 Å². The fourth-order valence-corrected chi connectivity index (χ4v) is 5.67. The summed E-state index contributed by atoms with van der Waals surface area (Å²) in [7, 11) is 0. The molecule has 1 aliphatic heterocycles. The molecule has 0 bridgehead atoms. The SMILES string of the molecule is CC(C)(CC1CC2CC(NCC(=O)N3CCCC3C#N)CC2C1)NC(=O)O. The van der Waals surface area contributed by atoms with Crippen LogP contribution in [0.5, 0.6) is 0 Å². The lowest BCUT2D eigenvalue weighted by molar-refractivity contribution is -0.130. The van der Waals surface area contributed by atoms with Gasteiger partial charge in [0.1, 0.15) is 6.04 Å². The fourth-order valence-electron chi connectivity index (χ4n) is 5.67. The number of nitrogens with one attached hydrogen (secondary N) is 2. The van der Waals surface area contributed by atoms with Gasteiger partial charge in [0.25, 0.3) is 0 Å². The van der Waals surface area contributed by atoms with Crippen molar-refractivity contribution < 1.29 is 14.7 Å². The second kappa shape index (κ2) is 8.05. The minimum absolute atomic E-state index is 0.0514. The van der Waals surface area contributed by atoms with E-state index in [0.29, 0.717) is 36.9 Å². The third-order valence-electron chi connectivity index (χ3n) is 6.62. The van der Waals surface area contributed by atoms with E-state index in [1.807, 2.05) is 13.8 Å². The first-order valence-electron chi connectivity index (χ1n) is 10.2. The summed E-state index contributed by atoms with van der Waals surface area (Å²) in [6.45, 7) is 4.95. The third-order valence-corrected chi connectivity index (χ3v) is 6.62. The summed E-state index contributed by atoms with van der Waals surface area (Å²) in [5, 5.41) is 24.1. The van der Waals surface area contributed by atoms with Gasteiger partial charge in [-0.05, 0) is 76.5 Å². The van der Waals surface area contributed by atoms with Crippen LogP contribution in [0.2, 0.25) is 0 Å². The van der Waals surface area contributed by atoms with Crippen molar-refractivity contribution >= 4 is 12.0 Å². The Labute approximate surface area is 161 Å². The average Bonchev–Trinajstić information content (AvgIpc) is 3.24. The molecule has 0 aromatic heterocycles. The van der Waals surface area contributed by atoms with Crippen LogP contribution in [0.15, 0.2) is 0 Å². The smallest absolute Gasteiger partial charge is 0.405 e. The van der Waals surface area contributed by atoms with Crippen LogP contribution in [0.3, 0.4) is 0 Å². The molecule has 0 radical (unpaired) electrons. The maximum Gasteiger partial charge on any atom is 0.405 e. The molecule has 0 aromatic rings. The van der Waals surface area contributed by atoms with Gasteiger partial charge >= 0.3 is 6.09 Å². The number of rotatable bonds is 6. The van der Waals surface area contributed by atoms with Gasteiger partial charge in [0.2, 0.25) is 5.91 Å². The number of nitrogens with zero attached hydrogens (tertiary/aromatic N) is 2. The topological polar surface area (TPSA) is 105 Å². The summed E-state index contributed by atoms with van der Waals surface area (Å²) in [6, 6.07) is 2.37. The van der Waals surface area contributed by atoms with Crippen molar-refractivity contribution in [3.05, 3.63) is 0 Å². The highest BCUT2D eigenvalue weighted by atomic mass is 16.4. The summed E-state index contributed by atoms with van der Waals surface area (Å²) in [5.41, 5.74) is -0.383. The number of hydrogen-bond acceptors (Lipinski definition) is 4. The molecule has 3 atom stereocenters. The highest BCUT2D eigenvalue weighted by Crippen LogP contribution is 2.48. The third kappa shape index (κ3) is 4.92. The lowest BCUT2D eigenvalue weighted by Gasteiger charge is -2.28. The second-order valence-corrected chi connectivity index (χ2v) is 9.30. The van der Waals surface area contributed by atoms with Gasteiger partial charge < -0.3 is 20.6 Å². The maximum absolute atomic E-state index is 12.4.